The maximum atomic E-state index is 11.8. The second kappa shape index (κ2) is 2.67. The lowest BCUT2D eigenvalue weighted by atomic mass is 10.3. The van der Waals surface area contributed by atoms with Crippen molar-refractivity contribution in [3.8, 4) is 0 Å². The number of rotatable bonds is 0. The molecule has 2 rings (SSSR count). The minimum Gasteiger partial charge on any atom is -0.269 e. The van der Waals surface area contributed by atoms with Gasteiger partial charge in [-0.2, -0.15) is 0 Å². The Balaban J connectivity index is 3.06. The predicted octanol–water partition coefficient (Wildman–Crippen LogP) is 1.68. The minimum absolute atomic E-state index is 0.0567. The summed E-state index contributed by atoms with van der Waals surface area (Å²) in [5.74, 6) is 0. The molecule has 0 fully saturated rings. The highest BCUT2D eigenvalue weighted by atomic mass is 32.1. The first-order chi connectivity index (χ1) is 6.11. The van der Waals surface area contributed by atoms with Crippen LogP contribution >= 0.6 is 11.3 Å². The molecule has 2 heterocycles. The van der Waals surface area contributed by atoms with Crippen LogP contribution in [-0.2, 0) is 0 Å². The number of hydrogen-bond acceptors (Lipinski definition) is 3. The minimum atomic E-state index is 0.0567. The van der Waals surface area contributed by atoms with Crippen LogP contribution < -0.4 is 5.56 Å². The van der Waals surface area contributed by atoms with Crippen molar-refractivity contribution < 1.29 is 0 Å². The van der Waals surface area contributed by atoms with Gasteiger partial charge in [-0.15, -0.1) is 11.3 Å². The molecule has 0 aliphatic carbocycles. The van der Waals surface area contributed by atoms with E-state index in [4.69, 9.17) is 0 Å². The van der Waals surface area contributed by atoms with Crippen molar-refractivity contribution in [1.82, 2.24) is 9.38 Å². The summed E-state index contributed by atoms with van der Waals surface area (Å²) in [6.07, 6.45) is 0. The van der Waals surface area contributed by atoms with Gasteiger partial charge in [-0.1, -0.05) is 0 Å². The number of thiazole rings is 1. The van der Waals surface area contributed by atoms with Gasteiger partial charge >= 0.3 is 0 Å². The van der Waals surface area contributed by atoms with Gasteiger partial charge in [0.1, 0.15) is 0 Å². The molecule has 2 aromatic rings. The van der Waals surface area contributed by atoms with E-state index in [9.17, 15) is 4.79 Å². The van der Waals surface area contributed by atoms with Crippen molar-refractivity contribution in [3.05, 3.63) is 32.7 Å². The fraction of sp³-hybridized carbons (Fsp3) is 0.333. The van der Waals surface area contributed by atoms with E-state index in [1.54, 1.807) is 4.40 Å². The van der Waals surface area contributed by atoms with Crippen LogP contribution in [0.2, 0.25) is 0 Å². The Hall–Kier alpha value is -1.16. The SMILES string of the molecule is Cc1nc2scc(C)n2c(=O)c1C. The molecule has 0 bridgehead atoms. The summed E-state index contributed by atoms with van der Waals surface area (Å²) in [6, 6.07) is 0. The third-order valence-electron chi connectivity index (χ3n) is 2.21. The van der Waals surface area contributed by atoms with E-state index in [1.807, 2.05) is 26.2 Å². The zero-order valence-corrected chi connectivity index (χ0v) is 8.60. The molecular weight excluding hydrogens is 184 g/mol. The molecule has 0 unspecified atom stereocenters. The quantitative estimate of drug-likeness (QED) is 0.639. The van der Waals surface area contributed by atoms with Crippen molar-refractivity contribution in [3.63, 3.8) is 0 Å². The molecule has 0 aliphatic heterocycles. The summed E-state index contributed by atoms with van der Waals surface area (Å²) >= 11 is 1.50. The molecule has 0 atom stereocenters. The average Bonchev–Trinajstić information content (AvgIpc) is 2.43. The van der Waals surface area contributed by atoms with E-state index >= 15 is 0 Å². The highest BCUT2D eigenvalue weighted by molar-refractivity contribution is 7.15. The normalized spacial score (nSPS) is 11.0. The first-order valence-corrected chi connectivity index (χ1v) is 4.93. The van der Waals surface area contributed by atoms with E-state index in [2.05, 4.69) is 4.98 Å². The molecule has 4 heteroatoms. The first kappa shape index (κ1) is 8.44. The summed E-state index contributed by atoms with van der Waals surface area (Å²) < 4.78 is 1.66. The van der Waals surface area contributed by atoms with Crippen LogP contribution in [0.4, 0.5) is 0 Å². The lowest BCUT2D eigenvalue weighted by molar-refractivity contribution is 0.972. The Morgan fingerprint density at radius 2 is 2.08 bits per heavy atom. The van der Waals surface area contributed by atoms with Crippen molar-refractivity contribution in [2.24, 2.45) is 0 Å². The van der Waals surface area contributed by atoms with E-state index in [-0.39, 0.29) is 5.56 Å². The third kappa shape index (κ3) is 1.09. The molecule has 0 spiro atoms. The smallest absolute Gasteiger partial charge is 0.261 e. The van der Waals surface area contributed by atoms with Crippen molar-refractivity contribution >= 4 is 16.3 Å². The monoisotopic (exact) mass is 194 g/mol. The fourth-order valence-electron chi connectivity index (χ4n) is 1.27. The van der Waals surface area contributed by atoms with Gasteiger partial charge in [0.15, 0.2) is 4.96 Å². The maximum Gasteiger partial charge on any atom is 0.261 e. The Labute approximate surface area is 79.7 Å². The van der Waals surface area contributed by atoms with Gasteiger partial charge in [0.25, 0.3) is 5.56 Å². The molecule has 13 heavy (non-hydrogen) atoms. The molecule has 0 saturated heterocycles. The van der Waals surface area contributed by atoms with Gasteiger partial charge in [-0.25, -0.2) is 4.98 Å². The predicted molar refractivity (Wildman–Crippen MR) is 53.6 cm³/mol. The van der Waals surface area contributed by atoms with E-state index in [0.29, 0.717) is 0 Å². The van der Waals surface area contributed by atoms with E-state index in [1.165, 1.54) is 11.3 Å². The topological polar surface area (TPSA) is 34.4 Å². The standard InChI is InChI=1S/C9H10N2OS/c1-5-4-13-9-10-7(3)6(2)8(12)11(5)9/h4H,1-3H3. The van der Waals surface area contributed by atoms with Gasteiger partial charge in [-0.05, 0) is 20.8 Å². The molecule has 0 N–H and O–H groups in total. The van der Waals surface area contributed by atoms with Gasteiger partial charge in [0, 0.05) is 22.3 Å². The van der Waals surface area contributed by atoms with Crippen molar-refractivity contribution in [1.29, 1.82) is 0 Å². The van der Waals surface area contributed by atoms with Gasteiger partial charge in [0.2, 0.25) is 0 Å². The first-order valence-electron chi connectivity index (χ1n) is 4.05. The molecule has 0 radical (unpaired) electrons. The molecule has 0 aliphatic rings. The second-order valence-corrected chi connectivity index (χ2v) is 3.96. The highest BCUT2D eigenvalue weighted by Gasteiger charge is 2.07. The van der Waals surface area contributed by atoms with Gasteiger partial charge in [0.05, 0.1) is 0 Å². The van der Waals surface area contributed by atoms with Crippen LogP contribution in [0.1, 0.15) is 17.0 Å². The van der Waals surface area contributed by atoms with Crippen LogP contribution in [-0.4, -0.2) is 9.38 Å². The Morgan fingerprint density at radius 3 is 2.77 bits per heavy atom. The molecule has 0 aromatic carbocycles. The number of hydrogen-bond donors (Lipinski definition) is 0. The van der Waals surface area contributed by atoms with Crippen LogP contribution in [0.25, 0.3) is 4.96 Å². The molecule has 68 valence electrons. The highest BCUT2D eigenvalue weighted by Crippen LogP contribution is 2.12. The summed E-state index contributed by atoms with van der Waals surface area (Å²) in [4.78, 5) is 16.9. The Kier molecular flexibility index (Phi) is 1.73. The van der Waals surface area contributed by atoms with Crippen LogP contribution in [0.5, 0.6) is 0 Å². The van der Waals surface area contributed by atoms with Crippen LogP contribution in [0, 0.1) is 20.8 Å². The molecule has 2 aromatic heterocycles. The fourth-order valence-corrected chi connectivity index (χ4v) is 2.17. The summed E-state index contributed by atoms with van der Waals surface area (Å²) in [5.41, 5.74) is 2.58. The maximum absolute atomic E-state index is 11.8. The number of nitrogens with zero attached hydrogens (tertiary/aromatic N) is 2. The molecule has 0 saturated carbocycles. The van der Waals surface area contributed by atoms with Gasteiger partial charge < -0.3 is 0 Å². The molecule has 3 nitrogen and oxygen atoms in total. The number of fused-ring (bicyclic) bond motifs is 1. The Bertz CT molecular complexity index is 524. The van der Waals surface area contributed by atoms with E-state index in [0.717, 1.165) is 21.9 Å². The summed E-state index contributed by atoms with van der Waals surface area (Å²) in [5, 5.41) is 1.95. The summed E-state index contributed by atoms with van der Waals surface area (Å²) in [6.45, 7) is 5.60. The van der Waals surface area contributed by atoms with Crippen molar-refractivity contribution in [2.45, 2.75) is 20.8 Å². The lowest BCUT2D eigenvalue weighted by Crippen LogP contribution is -2.18. The molecular formula is C9H10N2OS. The number of aryl methyl sites for hydroxylation is 2. The van der Waals surface area contributed by atoms with Crippen LogP contribution in [0.3, 0.4) is 0 Å². The van der Waals surface area contributed by atoms with Crippen LogP contribution in [0.15, 0.2) is 10.2 Å². The summed E-state index contributed by atoms with van der Waals surface area (Å²) in [7, 11) is 0. The number of aromatic nitrogens is 2. The lowest BCUT2D eigenvalue weighted by Gasteiger charge is -2.00. The second-order valence-electron chi connectivity index (χ2n) is 3.12. The molecule has 0 amide bonds. The van der Waals surface area contributed by atoms with Gasteiger partial charge in [-0.3, -0.25) is 9.20 Å². The zero-order valence-electron chi connectivity index (χ0n) is 7.79. The van der Waals surface area contributed by atoms with Crippen molar-refractivity contribution in [2.75, 3.05) is 0 Å². The zero-order chi connectivity index (χ0) is 9.59. The van der Waals surface area contributed by atoms with E-state index < -0.39 is 0 Å². The largest absolute Gasteiger partial charge is 0.269 e. The Morgan fingerprint density at radius 1 is 1.38 bits per heavy atom. The average molecular weight is 194 g/mol. The third-order valence-corrected chi connectivity index (χ3v) is 3.15.